The van der Waals surface area contributed by atoms with E-state index in [0.29, 0.717) is 12.8 Å². The summed E-state index contributed by atoms with van der Waals surface area (Å²) in [4.78, 5) is 10.8. The number of benzene rings is 2. The van der Waals surface area contributed by atoms with Crippen LogP contribution in [0.4, 0.5) is 4.39 Å². The predicted octanol–water partition coefficient (Wildman–Crippen LogP) is 2.86. The molecule has 4 heteroatoms. The fourth-order valence-corrected chi connectivity index (χ4v) is 2.05. The quantitative estimate of drug-likeness (QED) is 0.822. The lowest BCUT2D eigenvalue weighted by atomic mass is 9.99. The van der Waals surface area contributed by atoms with Gasteiger partial charge in [0.25, 0.3) is 0 Å². The van der Waals surface area contributed by atoms with Crippen LogP contribution in [0, 0.1) is 5.82 Å². The first-order chi connectivity index (χ1) is 9.72. The molecule has 0 aliphatic heterocycles. The van der Waals surface area contributed by atoms with Crippen LogP contribution in [-0.2, 0) is 11.2 Å². The van der Waals surface area contributed by atoms with Gasteiger partial charge >= 0.3 is 0 Å². The number of methoxy groups -OCH3 is 1. The van der Waals surface area contributed by atoms with Crippen LogP contribution in [0.2, 0.25) is 0 Å². The highest BCUT2D eigenvalue weighted by atomic mass is 19.1. The minimum absolute atomic E-state index is 0.149. The summed E-state index contributed by atoms with van der Waals surface area (Å²) in [6.07, 6.45) is 1.28. The van der Waals surface area contributed by atoms with Crippen LogP contribution < -0.4 is 10.1 Å². The van der Waals surface area contributed by atoms with E-state index in [0.717, 1.165) is 16.9 Å². The molecule has 1 atom stereocenters. The summed E-state index contributed by atoms with van der Waals surface area (Å²) in [7, 11) is 1.61. The number of carbonyl (C=O) groups excluding carboxylic acids is 1. The van der Waals surface area contributed by atoms with Gasteiger partial charge in [0.1, 0.15) is 11.6 Å². The zero-order valence-corrected chi connectivity index (χ0v) is 11.2. The van der Waals surface area contributed by atoms with Crippen molar-refractivity contribution in [1.82, 2.24) is 5.32 Å². The van der Waals surface area contributed by atoms with Crippen LogP contribution >= 0.6 is 0 Å². The van der Waals surface area contributed by atoms with E-state index in [1.807, 2.05) is 24.3 Å². The Bertz CT molecular complexity index is 552. The van der Waals surface area contributed by atoms with Gasteiger partial charge in [-0.3, -0.25) is 4.79 Å². The topological polar surface area (TPSA) is 38.3 Å². The highest BCUT2D eigenvalue weighted by molar-refractivity contribution is 5.48. The number of rotatable bonds is 6. The molecular formula is C16H16FNO2. The second-order valence-electron chi connectivity index (χ2n) is 4.44. The lowest BCUT2D eigenvalue weighted by Gasteiger charge is -2.17. The van der Waals surface area contributed by atoms with E-state index in [4.69, 9.17) is 4.74 Å². The number of ether oxygens (including phenoxy) is 1. The summed E-state index contributed by atoms with van der Waals surface area (Å²) >= 11 is 0. The molecule has 0 aliphatic rings. The van der Waals surface area contributed by atoms with Gasteiger partial charge in [0.2, 0.25) is 6.41 Å². The van der Waals surface area contributed by atoms with Gasteiger partial charge in [-0.25, -0.2) is 4.39 Å². The van der Waals surface area contributed by atoms with E-state index >= 15 is 0 Å². The maximum Gasteiger partial charge on any atom is 0.207 e. The smallest absolute Gasteiger partial charge is 0.207 e. The third-order valence-corrected chi connectivity index (χ3v) is 3.14. The monoisotopic (exact) mass is 273 g/mol. The molecule has 0 bridgehead atoms. The van der Waals surface area contributed by atoms with Crippen molar-refractivity contribution >= 4 is 6.41 Å². The third-order valence-electron chi connectivity index (χ3n) is 3.14. The Labute approximate surface area is 117 Å². The molecule has 1 N–H and O–H groups in total. The van der Waals surface area contributed by atoms with Crippen molar-refractivity contribution in [2.75, 3.05) is 7.11 Å². The van der Waals surface area contributed by atoms with Crippen molar-refractivity contribution < 1.29 is 13.9 Å². The average Bonchev–Trinajstić information content (AvgIpc) is 2.49. The molecule has 1 amide bonds. The Balaban J connectivity index is 2.16. The average molecular weight is 273 g/mol. The minimum Gasteiger partial charge on any atom is -0.497 e. The molecule has 2 rings (SSSR count). The van der Waals surface area contributed by atoms with Gasteiger partial charge in [0, 0.05) is 0 Å². The molecule has 2 aromatic rings. The Kier molecular flexibility index (Phi) is 4.71. The highest BCUT2D eigenvalue weighted by Crippen LogP contribution is 2.21. The molecule has 3 nitrogen and oxygen atoms in total. The molecule has 2 aromatic carbocycles. The Hall–Kier alpha value is -2.36. The summed E-state index contributed by atoms with van der Waals surface area (Å²) in [5.74, 6) is 0.499. The van der Waals surface area contributed by atoms with Crippen molar-refractivity contribution in [3.05, 3.63) is 65.5 Å². The number of halogens is 1. The number of hydrogen-bond acceptors (Lipinski definition) is 2. The number of hydrogen-bond donors (Lipinski definition) is 1. The maximum atomic E-state index is 12.9. The molecule has 0 aromatic heterocycles. The number of amides is 1. The molecule has 0 spiro atoms. The molecule has 20 heavy (non-hydrogen) atoms. The van der Waals surface area contributed by atoms with Gasteiger partial charge in [-0.2, -0.15) is 0 Å². The molecule has 0 saturated heterocycles. The van der Waals surface area contributed by atoms with Crippen LogP contribution in [0.25, 0.3) is 0 Å². The van der Waals surface area contributed by atoms with Crippen LogP contribution in [0.1, 0.15) is 17.2 Å². The van der Waals surface area contributed by atoms with Crippen LogP contribution in [0.3, 0.4) is 0 Å². The van der Waals surface area contributed by atoms with E-state index in [-0.39, 0.29) is 11.9 Å². The summed E-state index contributed by atoms with van der Waals surface area (Å²) in [5.41, 5.74) is 1.93. The second-order valence-corrected chi connectivity index (χ2v) is 4.44. The van der Waals surface area contributed by atoms with E-state index in [1.54, 1.807) is 19.2 Å². The molecule has 0 fully saturated rings. The zero-order chi connectivity index (χ0) is 14.4. The fourth-order valence-electron chi connectivity index (χ4n) is 2.05. The van der Waals surface area contributed by atoms with E-state index in [2.05, 4.69) is 5.32 Å². The van der Waals surface area contributed by atoms with Crippen molar-refractivity contribution in [3.63, 3.8) is 0 Å². The highest BCUT2D eigenvalue weighted by Gasteiger charge is 2.11. The first-order valence-corrected chi connectivity index (χ1v) is 6.31. The zero-order valence-electron chi connectivity index (χ0n) is 11.2. The van der Waals surface area contributed by atoms with Crippen molar-refractivity contribution in [3.8, 4) is 5.75 Å². The Morgan fingerprint density at radius 2 is 1.80 bits per heavy atom. The first kappa shape index (κ1) is 14.1. The van der Waals surface area contributed by atoms with Crippen LogP contribution in [-0.4, -0.2) is 13.5 Å². The van der Waals surface area contributed by atoms with Gasteiger partial charge < -0.3 is 10.1 Å². The number of nitrogens with one attached hydrogen (secondary N) is 1. The van der Waals surface area contributed by atoms with Crippen LogP contribution in [0.5, 0.6) is 5.75 Å². The fraction of sp³-hybridized carbons (Fsp3) is 0.188. The SMILES string of the molecule is COc1ccc(C(Cc2ccc(F)cc2)NC=O)cc1. The maximum absolute atomic E-state index is 12.9. The Morgan fingerprint density at radius 3 is 2.35 bits per heavy atom. The second kappa shape index (κ2) is 6.70. The third kappa shape index (κ3) is 3.57. The minimum atomic E-state index is -0.266. The van der Waals surface area contributed by atoms with Crippen molar-refractivity contribution in [2.45, 2.75) is 12.5 Å². The molecular weight excluding hydrogens is 257 g/mol. The summed E-state index contributed by atoms with van der Waals surface area (Å²) in [6, 6.07) is 13.6. The van der Waals surface area contributed by atoms with Gasteiger partial charge in [0.05, 0.1) is 13.2 Å². The molecule has 0 heterocycles. The van der Waals surface area contributed by atoms with Crippen molar-refractivity contribution in [2.24, 2.45) is 0 Å². The Morgan fingerprint density at radius 1 is 1.15 bits per heavy atom. The predicted molar refractivity (Wildman–Crippen MR) is 75.0 cm³/mol. The summed E-state index contributed by atoms with van der Waals surface area (Å²) < 4.78 is 18.0. The standard InChI is InChI=1S/C16H16FNO2/c1-20-15-8-4-13(5-9-15)16(18-11-19)10-12-2-6-14(17)7-3-12/h2-9,11,16H,10H2,1H3,(H,18,19). The van der Waals surface area contributed by atoms with Crippen molar-refractivity contribution in [1.29, 1.82) is 0 Å². The molecule has 0 aliphatic carbocycles. The lowest BCUT2D eigenvalue weighted by Crippen LogP contribution is -2.21. The van der Waals surface area contributed by atoms with Gasteiger partial charge in [-0.1, -0.05) is 24.3 Å². The summed E-state index contributed by atoms with van der Waals surface area (Å²) in [5, 5.41) is 2.78. The van der Waals surface area contributed by atoms with Crippen LogP contribution in [0.15, 0.2) is 48.5 Å². The molecule has 1 unspecified atom stereocenters. The van der Waals surface area contributed by atoms with Gasteiger partial charge in [-0.05, 0) is 41.8 Å². The molecule has 104 valence electrons. The normalized spacial score (nSPS) is 11.7. The van der Waals surface area contributed by atoms with Gasteiger partial charge in [-0.15, -0.1) is 0 Å². The summed E-state index contributed by atoms with van der Waals surface area (Å²) in [6.45, 7) is 0. The first-order valence-electron chi connectivity index (χ1n) is 6.31. The number of carbonyl (C=O) groups is 1. The van der Waals surface area contributed by atoms with E-state index < -0.39 is 0 Å². The largest absolute Gasteiger partial charge is 0.497 e. The van der Waals surface area contributed by atoms with Gasteiger partial charge in [0.15, 0.2) is 0 Å². The molecule has 0 radical (unpaired) electrons. The lowest BCUT2D eigenvalue weighted by molar-refractivity contribution is -0.110. The van der Waals surface area contributed by atoms with E-state index in [1.165, 1.54) is 12.1 Å². The molecule has 0 saturated carbocycles. The van der Waals surface area contributed by atoms with E-state index in [9.17, 15) is 9.18 Å².